The molecule has 0 radical (unpaired) electrons. The SMILES string of the molecule is CCCN1CCC(NC(=O)NCC(C)CCO)CC1. The Morgan fingerprint density at radius 3 is 2.68 bits per heavy atom. The molecule has 19 heavy (non-hydrogen) atoms. The largest absolute Gasteiger partial charge is 0.396 e. The van der Waals surface area contributed by atoms with Crippen LogP contribution in [0.25, 0.3) is 0 Å². The standard InChI is InChI=1S/C14H29N3O2/c1-3-7-17-8-4-13(5-9-17)16-14(19)15-11-12(2)6-10-18/h12-13,18H,3-11H2,1-2H3,(H2,15,16,19). The van der Waals surface area contributed by atoms with Crippen molar-refractivity contribution >= 4 is 6.03 Å². The maximum Gasteiger partial charge on any atom is 0.315 e. The first-order valence-corrected chi connectivity index (χ1v) is 7.53. The molecule has 1 saturated heterocycles. The highest BCUT2D eigenvalue weighted by atomic mass is 16.3. The van der Waals surface area contributed by atoms with E-state index in [0.717, 1.165) is 38.9 Å². The van der Waals surface area contributed by atoms with Crippen LogP contribution in [0.2, 0.25) is 0 Å². The third-order valence-electron chi connectivity index (χ3n) is 3.70. The minimum Gasteiger partial charge on any atom is -0.396 e. The Balaban J connectivity index is 2.13. The molecule has 1 fully saturated rings. The fourth-order valence-corrected chi connectivity index (χ4v) is 2.44. The van der Waals surface area contributed by atoms with Crippen LogP contribution in [0.1, 0.15) is 39.5 Å². The van der Waals surface area contributed by atoms with Crippen molar-refractivity contribution in [3.05, 3.63) is 0 Å². The summed E-state index contributed by atoms with van der Waals surface area (Å²) in [7, 11) is 0. The molecule has 112 valence electrons. The van der Waals surface area contributed by atoms with Crippen molar-refractivity contribution in [3.8, 4) is 0 Å². The van der Waals surface area contributed by atoms with Gasteiger partial charge < -0.3 is 20.6 Å². The monoisotopic (exact) mass is 271 g/mol. The minimum absolute atomic E-state index is 0.0706. The van der Waals surface area contributed by atoms with E-state index < -0.39 is 0 Å². The fraction of sp³-hybridized carbons (Fsp3) is 0.929. The molecule has 5 nitrogen and oxygen atoms in total. The number of aliphatic hydroxyl groups is 1. The summed E-state index contributed by atoms with van der Waals surface area (Å²) in [6, 6.07) is 0.236. The summed E-state index contributed by atoms with van der Waals surface area (Å²) in [5.41, 5.74) is 0. The lowest BCUT2D eigenvalue weighted by Gasteiger charge is -2.32. The summed E-state index contributed by atoms with van der Waals surface area (Å²) >= 11 is 0. The lowest BCUT2D eigenvalue weighted by Crippen LogP contribution is -2.48. The molecule has 1 unspecified atom stereocenters. The van der Waals surface area contributed by atoms with Crippen molar-refractivity contribution in [2.75, 3.05) is 32.8 Å². The number of carbonyl (C=O) groups excluding carboxylic acids is 1. The number of likely N-dealkylation sites (tertiary alicyclic amines) is 1. The van der Waals surface area contributed by atoms with E-state index in [9.17, 15) is 4.79 Å². The maximum absolute atomic E-state index is 11.7. The van der Waals surface area contributed by atoms with E-state index in [-0.39, 0.29) is 12.6 Å². The summed E-state index contributed by atoms with van der Waals surface area (Å²) < 4.78 is 0. The van der Waals surface area contributed by atoms with Crippen molar-refractivity contribution in [2.24, 2.45) is 5.92 Å². The summed E-state index contributed by atoms with van der Waals surface area (Å²) in [5.74, 6) is 0.321. The third kappa shape index (κ3) is 6.78. The Morgan fingerprint density at radius 2 is 2.11 bits per heavy atom. The number of amides is 2. The van der Waals surface area contributed by atoms with Gasteiger partial charge in [0.25, 0.3) is 0 Å². The molecule has 1 rings (SSSR count). The molecule has 1 atom stereocenters. The van der Waals surface area contributed by atoms with Crippen LogP contribution in [0, 0.1) is 5.92 Å². The summed E-state index contributed by atoms with van der Waals surface area (Å²) in [5, 5.41) is 14.7. The molecule has 0 aromatic rings. The average molecular weight is 271 g/mol. The van der Waals surface area contributed by atoms with Crippen LogP contribution in [0.15, 0.2) is 0 Å². The normalized spacial score (nSPS) is 19.1. The number of hydrogen-bond donors (Lipinski definition) is 3. The molecule has 1 aliphatic heterocycles. The van der Waals surface area contributed by atoms with Gasteiger partial charge in [0.15, 0.2) is 0 Å². The van der Waals surface area contributed by atoms with Gasteiger partial charge in [-0.25, -0.2) is 4.79 Å². The zero-order chi connectivity index (χ0) is 14.1. The first-order chi connectivity index (χ1) is 9.15. The first kappa shape index (κ1) is 16.2. The lowest BCUT2D eigenvalue weighted by molar-refractivity contribution is 0.191. The van der Waals surface area contributed by atoms with Gasteiger partial charge in [-0.2, -0.15) is 0 Å². The number of nitrogens with one attached hydrogen (secondary N) is 2. The predicted molar refractivity (Wildman–Crippen MR) is 77.2 cm³/mol. The summed E-state index contributed by atoms with van der Waals surface area (Å²) in [4.78, 5) is 14.2. The van der Waals surface area contributed by atoms with E-state index in [1.165, 1.54) is 6.42 Å². The number of carbonyl (C=O) groups is 1. The van der Waals surface area contributed by atoms with E-state index in [1.54, 1.807) is 0 Å². The zero-order valence-electron chi connectivity index (χ0n) is 12.3. The summed E-state index contributed by atoms with van der Waals surface area (Å²) in [6.07, 6.45) is 4.01. The molecule has 0 aromatic heterocycles. The molecule has 0 saturated carbocycles. The second-order valence-corrected chi connectivity index (χ2v) is 5.59. The smallest absolute Gasteiger partial charge is 0.315 e. The molecule has 0 aromatic carbocycles. The first-order valence-electron chi connectivity index (χ1n) is 7.53. The highest BCUT2D eigenvalue weighted by Crippen LogP contribution is 2.10. The second-order valence-electron chi connectivity index (χ2n) is 5.59. The number of nitrogens with zero attached hydrogens (tertiary/aromatic N) is 1. The van der Waals surface area contributed by atoms with Gasteiger partial charge in [-0.3, -0.25) is 0 Å². The van der Waals surface area contributed by atoms with Crippen LogP contribution in [-0.2, 0) is 0 Å². The second kappa shape index (κ2) is 9.15. The van der Waals surface area contributed by atoms with Crippen molar-refractivity contribution < 1.29 is 9.90 Å². The molecule has 0 aliphatic carbocycles. The van der Waals surface area contributed by atoms with E-state index in [1.807, 2.05) is 6.92 Å². The van der Waals surface area contributed by atoms with E-state index >= 15 is 0 Å². The molecule has 5 heteroatoms. The number of aliphatic hydroxyl groups excluding tert-OH is 1. The van der Waals surface area contributed by atoms with Crippen LogP contribution in [-0.4, -0.2) is 54.9 Å². The molecule has 1 aliphatic rings. The third-order valence-corrected chi connectivity index (χ3v) is 3.70. The van der Waals surface area contributed by atoms with E-state index in [4.69, 9.17) is 5.11 Å². The average Bonchev–Trinajstić information content (AvgIpc) is 2.39. The molecule has 0 spiro atoms. The van der Waals surface area contributed by atoms with Crippen LogP contribution in [0.5, 0.6) is 0 Å². The van der Waals surface area contributed by atoms with Crippen LogP contribution in [0.4, 0.5) is 4.79 Å². The number of rotatable bonds is 7. The van der Waals surface area contributed by atoms with E-state index in [2.05, 4.69) is 22.5 Å². The predicted octanol–water partition coefficient (Wildman–Crippen LogP) is 1.18. The van der Waals surface area contributed by atoms with Gasteiger partial charge in [-0.1, -0.05) is 13.8 Å². The quantitative estimate of drug-likeness (QED) is 0.651. The Hall–Kier alpha value is -0.810. The molecule has 0 bridgehead atoms. The number of urea groups is 1. The van der Waals surface area contributed by atoms with Crippen LogP contribution >= 0.6 is 0 Å². The Kier molecular flexibility index (Phi) is 7.82. The Morgan fingerprint density at radius 1 is 1.42 bits per heavy atom. The molecule has 3 N–H and O–H groups in total. The Bertz CT molecular complexity index is 253. The minimum atomic E-state index is -0.0706. The van der Waals surface area contributed by atoms with Gasteiger partial charge >= 0.3 is 6.03 Å². The fourth-order valence-electron chi connectivity index (χ4n) is 2.44. The molecular weight excluding hydrogens is 242 g/mol. The van der Waals surface area contributed by atoms with Crippen molar-refractivity contribution in [2.45, 2.75) is 45.6 Å². The lowest BCUT2D eigenvalue weighted by atomic mass is 10.1. The van der Waals surface area contributed by atoms with Gasteiger partial charge in [-0.05, 0) is 38.1 Å². The summed E-state index contributed by atoms with van der Waals surface area (Å²) in [6.45, 7) is 8.36. The van der Waals surface area contributed by atoms with E-state index in [0.29, 0.717) is 18.5 Å². The van der Waals surface area contributed by atoms with Crippen LogP contribution < -0.4 is 10.6 Å². The van der Waals surface area contributed by atoms with Gasteiger partial charge in [0.05, 0.1) is 0 Å². The number of hydrogen-bond acceptors (Lipinski definition) is 3. The molecule has 2 amide bonds. The molecular formula is C14H29N3O2. The highest BCUT2D eigenvalue weighted by molar-refractivity contribution is 5.74. The van der Waals surface area contributed by atoms with Gasteiger partial charge in [0, 0.05) is 32.3 Å². The zero-order valence-corrected chi connectivity index (χ0v) is 12.3. The van der Waals surface area contributed by atoms with Gasteiger partial charge in [-0.15, -0.1) is 0 Å². The molecule has 1 heterocycles. The van der Waals surface area contributed by atoms with Crippen LogP contribution in [0.3, 0.4) is 0 Å². The van der Waals surface area contributed by atoms with Crippen molar-refractivity contribution in [1.82, 2.24) is 15.5 Å². The van der Waals surface area contributed by atoms with Crippen molar-refractivity contribution in [1.29, 1.82) is 0 Å². The Labute approximate surface area is 116 Å². The number of piperidine rings is 1. The van der Waals surface area contributed by atoms with Gasteiger partial charge in [0.1, 0.15) is 0 Å². The van der Waals surface area contributed by atoms with Crippen molar-refractivity contribution in [3.63, 3.8) is 0 Å². The maximum atomic E-state index is 11.7. The topological polar surface area (TPSA) is 64.6 Å². The van der Waals surface area contributed by atoms with Gasteiger partial charge in [0.2, 0.25) is 0 Å². The highest BCUT2D eigenvalue weighted by Gasteiger charge is 2.19.